The van der Waals surface area contributed by atoms with Crippen LogP contribution in [0, 0.1) is 0 Å². The van der Waals surface area contributed by atoms with E-state index >= 15 is 0 Å². The minimum absolute atomic E-state index is 0.125. The van der Waals surface area contributed by atoms with E-state index in [2.05, 4.69) is 52.2 Å². The predicted molar refractivity (Wildman–Crippen MR) is 407 cm³/mol. The second-order valence-electron chi connectivity index (χ2n) is 29.5. The van der Waals surface area contributed by atoms with Crippen molar-refractivity contribution in [1.29, 1.82) is 0 Å². The Morgan fingerprint density at radius 2 is 0.699 bits per heavy atom. The molecule has 1 rings (SSSR count). The number of amides is 2. The van der Waals surface area contributed by atoms with Crippen molar-refractivity contribution in [3.63, 3.8) is 0 Å². The van der Waals surface area contributed by atoms with E-state index in [1.165, 1.54) is 44.9 Å². The number of carboxylic acid groups (broad SMARTS) is 1. The smallest absolute Gasteiger partial charge is 0.470 e. The average molecular weight is 1490 g/mol. The zero-order valence-corrected chi connectivity index (χ0v) is 66.7. The van der Waals surface area contributed by atoms with Crippen LogP contribution >= 0.6 is 7.82 Å². The molecule has 1 aliphatic heterocycles. The van der Waals surface area contributed by atoms with Crippen LogP contribution in [0.15, 0.2) is 0 Å². The number of aliphatic carboxylic acids is 1. The van der Waals surface area contributed by atoms with E-state index < -0.39 is 131 Å². The first kappa shape index (κ1) is 97.3. The highest BCUT2D eigenvalue weighted by molar-refractivity contribution is 7.46. The van der Waals surface area contributed by atoms with Gasteiger partial charge < -0.3 is 59.1 Å². The maximum absolute atomic E-state index is 14.8. The quantitative estimate of drug-likeness (QED) is 0.0143. The molecule has 0 aliphatic carbocycles. The van der Waals surface area contributed by atoms with Crippen LogP contribution in [-0.4, -0.2) is 130 Å². The number of esters is 4. The number of hydrogen-bond donors (Lipinski definition) is 6. The van der Waals surface area contributed by atoms with Crippen LogP contribution in [0.4, 0.5) is 0 Å². The number of ether oxygens (including phenoxy) is 6. The summed E-state index contributed by atoms with van der Waals surface area (Å²) in [5.41, 5.74) is 0. The number of unbranched alkanes of at least 4 members (excludes halogenated alkanes) is 42. The Morgan fingerprint density at radius 1 is 0.398 bits per heavy atom. The van der Waals surface area contributed by atoms with Crippen LogP contribution in [0.2, 0.25) is 0 Å². The van der Waals surface area contributed by atoms with Crippen molar-refractivity contribution in [3.8, 4) is 0 Å². The van der Waals surface area contributed by atoms with Crippen molar-refractivity contribution in [2.24, 2.45) is 0 Å². The molecule has 0 aromatic rings. The number of phosphoric acid groups is 1. The van der Waals surface area contributed by atoms with Crippen LogP contribution < -0.4 is 10.6 Å². The van der Waals surface area contributed by atoms with Gasteiger partial charge in [0.15, 0.2) is 18.4 Å². The summed E-state index contributed by atoms with van der Waals surface area (Å²) >= 11 is 0. The third-order valence-electron chi connectivity index (χ3n) is 19.7. The van der Waals surface area contributed by atoms with Crippen molar-refractivity contribution in [2.45, 2.75) is 463 Å². The van der Waals surface area contributed by atoms with Crippen LogP contribution in [0.5, 0.6) is 0 Å². The van der Waals surface area contributed by atoms with Crippen molar-refractivity contribution >= 4 is 49.5 Å². The summed E-state index contributed by atoms with van der Waals surface area (Å²) in [5.74, 6) is -5.54. The molecule has 2 amide bonds. The van der Waals surface area contributed by atoms with Gasteiger partial charge in [-0.1, -0.05) is 311 Å². The maximum Gasteiger partial charge on any atom is 0.470 e. The Labute approximate surface area is 624 Å². The maximum atomic E-state index is 14.8. The second-order valence-corrected chi connectivity index (χ2v) is 30.7. The number of nitrogens with one attached hydrogen (secondary N) is 2. The third kappa shape index (κ3) is 55.4. The first-order chi connectivity index (χ1) is 49.8. The monoisotopic (exact) mass is 1490 g/mol. The molecule has 21 nitrogen and oxygen atoms in total. The molecule has 1 aliphatic rings. The number of aliphatic hydroxyl groups excluding tert-OH is 1. The van der Waals surface area contributed by atoms with Crippen molar-refractivity contribution in [2.75, 3.05) is 13.2 Å². The van der Waals surface area contributed by atoms with Gasteiger partial charge in [-0.2, -0.15) is 0 Å². The van der Waals surface area contributed by atoms with Gasteiger partial charge in [0.05, 0.1) is 32.5 Å². The molecule has 1 saturated heterocycles. The molecule has 0 bridgehead atoms. The third-order valence-corrected chi connectivity index (χ3v) is 20.2. The van der Waals surface area contributed by atoms with Gasteiger partial charge in [0, 0.05) is 19.3 Å². The number of carbonyl (C=O) groups is 7. The fourth-order valence-electron chi connectivity index (χ4n) is 13.5. The summed E-state index contributed by atoms with van der Waals surface area (Å²) in [6, 6.07) is -3.60. The number of carboxylic acids is 1. The summed E-state index contributed by atoms with van der Waals surface area (Å²) < 4.78 is 54.9. The zero-order chi connectivity index (χ0) is 75.8. The van der Waals surface area contributed by atoms with Crippen LogP contribution in [-0.2, 0) is 71.1 Å². The molecule has 1 fully saturated rings. The van der Waals surface area contributed by atoms with Gasteiger partial charge in [-0.05, 0) is 57.8 Å². The largest absolute Gasteiger partial charge is 0.480 e. The molecule has 0 aromatic heterocycles. The Bertz CT molecular complexity index is 2170. The summed E-state index contributed by atoms with van der Waals surface area (Å²) in [7, 11) is -5.56. The lowest BCUT2D eigenvalue weighted by Gasteiger charge is -2.45. The van der Waals surface area contributed by atoms with E-state index in [-0.39, 0.29) is 32.1 Å². The molecular formula is C81H151N2O19P. The molecule has 9 atom stereocenters. The van der Waals surface area contributed by atoms with Gasteiger partial charge in [-0.3, -0.25) is 33.3 Å². The Balaban J connectivity index is 3.85. The number of phosphoric ester groups is 1. The van der Waals surface area contributed by atoms with Crippen molar-refractivity contribution in [3.05, 3.63) is 0 Å². The standard InChI is InChI=1S/C81H151N2O19P/c1-7-13-19-25-31-34-40-43-49-55-66(97-73(87)58-52-46-37-28-22-16-10-4)61-71(85)82-69(80(91)92)65-96-81-77(83-72(86)62-67(56-50-44-41-35-32-26-20-14-8-2)98-74(88)59-53-47-38-29-23-17-11-5)79(78(70(64-84)100-81)102-103(93,94)95)101-76(90)63-68(57-51-45-42-36-33-27-21-15-9-3)99-75(89)60-54-48-39-30-24-18-12-6/h66-70,77-79,81,84H,7-65H2,1-6H3,(H,82,85)(H,83,86)(H,91,92)(H2,93,94,95)/t66-,67-,68-,69+,70-,77-,78-,79-,81?/m1/s1. The molecule has 604 valence electrons. The number of aliphatic hydroxyl groups is 1. The van der Waals surface area contributed by atoms with E-state index in [1.807, 2.05) is 0 Å². The molecular weight excluding hydrogens is 1340 g/mol. The highest BCUT2D eigenvalue weighted by atomic mass is 31.2. The highest BCUT2D eigenvalue weighted by Gasteiger charge is 2.52. The normalized spacial score (nSPS) is 17.3. The molecule has 0 spiro atoms. The summed E-state index contributed by atoms with van der Waals surface area (Å²) in [5, 5.41) is 26.9. The summed E-state index contributed by atoms with van der Waals surface area (Å²) in [4.78, 5) is 118. The SMILES string of the molecule is CCCCCCCCCCC[C@H](CC(=O)N[C@@H](COC1O[C@H](CO)[C@@H](OP(=O)(O)O)[C@H](OC(=O)C[C@@H](CCCCCCCCCCC)OC(=O)CCCCCCCCC)[C@H]1NC(=O)C[C@@H](CCCCCCCCCCC)OC(=O)CCCCCCCCC)C(=O)O)OC(=O)CCCCCCCCC. The minimum atomic E-state index is -5.56. The van der Waals surface area contributed by atoms with E-state index in [4.69, 9.17) is 32.9 Å². The number of carbonyl (C=O) groups excluding carboxylic acids is 6. The topological polar surface area (TPSA) is 306 Å². The molecule has 6 N–H and O–H groups in total. The van der Waals surface area contributed by atoms with Gasteiger partial charge >= 0.3 is 37.7 Å². The molecule has 0 saturated carbocycles. The van der Waals surface area contributed by atoms with Gasteiger partial charge in [-0.25, -0.2) is 9.36 Å². The van der Waals surface area contributed by atoms with E-state index in [9.17, 15) is 58.1 Å². The van der Waals surface area contributed by atoms with E-state index in [1.54, 1.807) is 0 Å². The van der Waals surface area contributed by atoms with Gasteiger partial charge in [-0.15, -0.1) is 0 Å². The molecule has 1 heterocycles. The lowest BCUT2D eigenvalue weighted by molar-refractivity contribution is -0.272. The molecule has 0 aromatic carbocycles. The van der Waals surface area contributed by atoms with Gasteiger partial charge in [0.2, 0.25) is 11.8 Å². The van der Waals surface area contributed by atoms with Crippen LogP contribution in [0.1, 0.15) is 408 Å². The highest BCUT2D eigenvalue weighted by Crippen LogP contribution is 2.42. The lowest BCUT2D eigenvalue weighted by atomic mass is 9.95. The molecule has 0 radical (unpaired) electrons. The average Bonchev–Trinajstić information content (AvgIpc) is 0.781. The number of hydrogen-bond acceptors (Lipinski definition) is 16. The van der Waals surface area contributed by atoms with E-state index in [0.29, 0.717) is 51.4 Å². The van der Waals surface area contributed by atoms with Crippen molar-refractivity contribution in [1.82, 2.24) is 10.6 Å². The summed E-state index contributed by atoms with van der Waals surface area (Å²) in [6.45, 7) is 11.1. The molecule has 103 heavy (non-hydrogen) atoms. The van der Waals surface area contributed by atoms with E-state index in [0.717, 1.165) is 225 Å². The van der Waals surface area contributed by atoms with Crippen molar-refractivity contribution < 1.29 is 91.1 Å². The summed E-state index contributed by atoms with van der Waals surface area (Å²) in [6.07, 6.45) is 38.1. The molecule has 1 unspecified atom stereocenters. The molecule has 22 heteroatoms. The number of rotatable bonds is 73. The zero-order valence-electron chi connectivity index (χ0n) is 65.8. The second kappa shape index (κ2) is 66.5. The lowest BCUT2D eigenvalue weighted by Crippen LogP contribution is -2.66. The Hall–Kier alpha value is -3.72. The van der Waals surface area contributed by atoms with Gasteiger partial charge in [0.1, 0.15) is 36.6 Å². The van der Waals surface area contributed by atoms with Crippen LogP contribution in [0.3, 0.4) is 0 Å². The fraction of sp³-hybridized carbons (Fsp3) is 0.914. The minimum Gasteiger partial charge on any atom is -0.480 e. The Kier molecular flexibility index (Phi) is 62.8. The van der Waals surface area contributed by atoms with Crippen LogP contribution in [0.25, 0.3) is 0 Å². The fourth-order valence-corrected chi connectivity index (χ4v) is 14.1. The van der Waals surface area contributed by atoms with Gasteiger partial charge in [0.25, 0.3) is 0 Å². The Morgan fingerprint density at radius 3 is 1.01 bits per heavy atom. The first-order valence-electron chi connectivity index (χ1n) is 42.1. The first-order valence-corrected chi connectivity index (χ1v) is 43.6. The predicted octanol–water partition coefficient (Wildman–Crippen LogP) is 19.3.